The minimum atomic E-state index is -1.10. The van der Waals surface area contributed by atoms with Crippen LogP contribution in [0.5, 0.6) is 5.75 Å². The van der Waals surface area contributed by atoms with Gasteiger partial charge in [-0.1, -0.05) is 25.5 Å². The number of hydrogen-bond acceptors (Lipinski definition) is 7. The van der Waals surface area contributed by atoms with Gasteiger partial charge in [0.15, 0.2) is 0 Å². The molecule has 0 aromatic heterocycles. The van der Waals surface area contributed by atoms with E-state index in [4.69, 9.17) is 4.74 Å². The molecule has 0 aliphatic heterocycles. The normalized spacial score (nSPS) is 12.8. The SMILES string of the molecule is CCCCN(C(=O)C(C)NC(=O)OC(C)(C)C)C(C(=O)NCC(=O)OC)c1ccc(O)cc1. The minimum absolute atomic E-state index is 0.00105. The summed E-state index contributed by atoms with van der Waals surface area (Å²) in [5.41, 5.74) is -0.305. The number of carbonyl (C=O) groups excluding carboxylic acids is 4. The van der Waals surface area contributed by atoms with E-state index in [0.29, 0.717) is 12.0 Å². The summed E-state index contributed by atoms with van der Waals surface area (Å²) >= 11 is 0. The number of hydrogen-bond donors (Lipinski definition) is 3. The highest BCUT2D eigenvalue weighted by molar-refractivity contribution is 5.93. The summed E-state index contributed by atoms with van der Waals surface area (Å²) in [5, 5.41) is 14.6. The summed E-state index contributed by atoms with van der Waals surface area (Å²) in [7, 11) is 1.20. The minimum Gasteiger partial charge on any atom is -0.508 e. The molecule has 10 heteroatoms. The monoisotopic (exact) mass is 465 g/mol. The first-order valence-electron chi connectivity index (χ1n) is 10.8. The van der Waals surface area contributed by atoms with E-state index < -0.39 is 41.6 Å². The molecule has 0 heterocycles. The topological polar surface area (TPSA) is 134 Å². The third-order valence-electron chi connectivity index (χ3n) is 4.54. The number of aromatic hydroxyl groups is 1. The standard InChI is InChI=1S/C23H35N3O7/c1-7-8-13-26(21(30)15(2)25-22(31)33-23(3,4)5)19(16-9-11-17(27)12-10-16)20(29)24-14-18(28)32-6/h9-12,15,19,27H,7-8,13-14H2,1-6H3,(H,24,29)(H,25,31). The first kappa shape index (κ1) is 27.7. The number of benzene rings is 1. The summed E-state index contributed by atoms with van der Waals surface area (Å²) in [6, 6.07) is 3.77. The van der Waals surface area contributed by atoms with Crippen molar-refractivity contribution in [3.63, 3.8) is 0 Å². The fourth-order valence-corrected chi connectivity index (χ4v) is 2.95. The van der Waals surface area contributed by atoms with E-state index in [1.807, 2.05) is 6.92 Å². The molecule has 1 aromatic carbocycles. The van der Waals surface area contributed by atoms with Gasteiger partial charge < -0.3 is 30.1 Å². The van der Waals surface area contributed by atoms with E-state index in [1.165, 1.54) is 43.2 Å². The van der Waals surface area contributed by atoms with E-state index in [0.717, 1.165) is 6.42 Å². The van der Waals surface area contributed by atoms with Gasteiger partial charge in [-0.3, -0.25) is 14.4 Å². The average Bonchev–Trinajstić information content (AvgIpc) is 2.73. The zero-order valence-electron chi connectivity index (χ0n) is 20.1. The largest absolute Gasteiger partial charge is 0.508 e. The molecule has 2 unspecified atom stereocenters. The number of rotatable bonds is 10. The fraction of sp³-hybridized carbons (Fsp3) is 0.565. The van der Waals surface area contributed by atoms with Crippen LogP contribution in [0.3, 0.4) is 0 Å². The third kappa shape index (κ3) is 9.38. The Kier molecular flexibility index (Phi) is 10.6. The van der Waals surface area contributed by atoms with Crippen LogP contribution in [0.25, 0.3) is 0 Å². The second-order valence-electron chi connectivity index (χ2n) is 8.54. The predicted octanol–water partition coefficient (Wildman–Crippen LogP) is 2.26. The third-order valence-corrected chi connectivity index (χ3v) is 4.54. The van der Waals surface area contributed by atoms with Gasteiger partial charge in [-0.25, -0.2) is 4.79 Å². The molecule has 10 nitrogen and oxygen atoms in total. The van der Waals surface area contributed by atoms with Crippen molar-refractivity contribution < 1.29 is 33.8 Å². The maximum atomic E-state index is 13.4. The van der Waals surface area contributed by atoms with E-state index in [2.05, 4.69) is 15.4 Å². The second-order valence-corrected chi connectivity index (χ2v) is 8.54. The molecule has 1 aromatic rings. The number of carbonyl (C=O) groups is 4. The van der Waals surface area contributed by atoms with Gasteiger partial charge in [0.2, 0.25) is 11.8 Å². The lowest BCUT2D eigenvalue weighted by molar-refractivity contribution is -0.144. The Morgan fingerprint density at radius 1 is 1.12 bits per heavy atom. The van der Waals surface area contributed by atoms with E-state index in [9.17, 15) is 24.3 Å². The molecule has 1 rings (SSSR count). The number of unbranched alkanes of at least 4 members (excludes halogenated alkanes) is 1. The van der Waals surface area contributed by atoms with Crippen LogP contribution in [0.15, 0.2) is 24.3 Å². The lowest BCUT2D eigenvalue weighted by Crippen LogP contribution is -2.52. The van der Waals surface area contributed by atoms with Crippen molar-refractivity contribution >= 4 is 23.9 Å². The van der Waals surface area contributed by atoms with Gasteiger partial charge in [-0.2, -0.15) is 0 Å². The van der Waals surface area contributed by atoms with Crippen LogP contribution in [0.4, 0.5) is 4.79 Å². The van der Waals surface area contributed by atoms with Gasteiger partial charge in [-0.05, 0) is 51.8 Å². The van der Waals surface area contributed by atoms with Crippen molar-refractivity contribution in [2.75, 3.05) is 20.2 Å². The van der Waals surface area contributed by atoms with Crippen molar-refractivity contribution in [3.05, 3.63) is 29.8 Å². The lowest BCUT2D eigenvalue weighted by atomic mass is 10.0. The summed E-state index contributed by atoms with van der Waals surface area (Å²) in [4.78, 5) is 51.5. The highest BCUT2D eigenvalue weighted by Gasteiger charge is 2.34. The molecular formula is C23H35N3O7. The molecule has 0 bridgehead atoms. The number of methoxy groups -OCH3 is 1. The maximum absolute atomic E-state index is 13.4. The number of ether oxygens (including phenoxy) is 2. The molecule has 0 aliphatic rings. The molecule has 33 heavy (non-hydrogen) atoms. The lowest BCUT2D eigenvalue weighted by Gasteiger charge is -2.33. The second kappa shape index (κ2) is 12.7. The number of amides is 3. The average molecular weight is 466 g/mol. The van der Waals surface area contributed by atoms with Crippen molar-refractivity contribution in [1.29, 1.82) is 0 Å². The smallest absolute Gasteiger partial charge is 0.408 e. The highest BCUT2D eigenvalue weighted by atomic mass is 16.6. The Labute approximate surface area is 194 Å². The number of phenols is 1. The zero-order chi connectivity index (χ0) is 25.2. The first-order chi connectivity index (χ1) is 15.4. The van der Waals surface area contributed by atoms with Crippen LogP contribution in [0, 0.1) is 0 Å². The summed E-state index contributed by atoms with van der Waals surface area (Å²) in [6.45, 7) is 8.43. The Hall–Kier alpha value is -3.30. The number of phenolic OH excluding ortho intramolecular Hbond substituents is 1. The molecule has 0 saturated carbocycles. The predicted molar refractivity (Wildman–Crippen MR) is 121 cm³/mol. The number of alkyl carbamates (subject to hydrolysis) is 1. The van der Waals surface area contributed by atoms with E-state index in [-0.39, 0.29) is 18.8 Å². The molecule has 0 spiro atoms. The molecular weight excluding hydrogens is 430 g/mol. The molecule has 3 N–H and O–H groups in total. The van der Waals surface area contributed by atoms with Crippen molar-refractivity contribution in [1.82, 2.24) is 15.5 Å². The summed E-state index contributed by atoms with van der Waals surface area (Å²) in [6.07, 6.45) is 0.600. The molecule has 3 amide bonds. The van der Waals surface area contributed by atoms with E-state index >= 15 is 0 Å². The van der Waals surface area contributed by atoms with Gasteiger partial charge in [0.05, 0.1) is 7.11 Å². The Bertz CT molecular complexity index is 818. The quantitative estimate of drug-likeness (QED) is 0.451. The Balaban J connectivity index is 3.24. The van der Waals surface area contributed by atoms with Gasteiger partial charge in [-0.15, -0.1) is 0 Å². The number of nitrogens with one attached hydrogen (secondary N) is 2. The summed E-state index contributed by atoms with van der Waals surface area (Å²) in [5.74, 6) is -1.74. The zero-order valence-corrected chi connectivity index (χ0v) is 20.1. The number of esters is 1. The molecule has 0 aliphatic carbocycles. The van der Waals surface area contributed by atoms with Crippen LogP contribution < -0.4 is 10.6 Å². The molecule has 2 atom stereocenters. The first-order valence-corrected chi connectivity index (χ1v) is 10.8. The van der Waals surface area contributed by atoms with Crippen LogP contribution in [0.2, 0.25) is 0 Å². The van der Waals surface area contributed by atoms with Gasteiger partial charge in [0.25, 0.3) is 0 Å². The maximum Gasteiger partial charge on any atom is 0.408 e. The van der Waals surface area contributed by atoms with E-state index in [1.54, 1.807) is 20.8 Å². The van der Waals surface area contributed by atoms with Crippen molar-refractivity contribution in [3.8, 4) is 5.75 Å². The molecule has 0 saturated heterocycles. The highest BCUT2D eigenvalue weighted by Crippen LogP contribution is 2.25. The van der Waals surface area contributed by atoms with Gasteiger partial charge in [0, 0.05) is 6.54 Å². The van der Waals surface area contributed by atoms with Crippen LogP contribution in [-0.4, -0.2) is 65.7 Å². The van der Waals surface area contributed by atoms with Crippen molar-refractivity contribution in [2.24, 2.45) is 0 Å². The van der Waals surface area contributed by atoms with Gasteiger partial charge >= 0.3 is 12.1 Å². The molecule has 0 fully saturated rings. The Morgan fingerprint density at radius 3 is 2.24 bits per heavy atom. The van der Waals surface area contributed by atoms with Crippen LogP contribution in [-0.2, 0) is 23.9 Å². The van der Waals surface area contributed by atoms with Crippen LogP contribution >= 0.6 is 0 Å². The summed E-state index contributed by atoms with van der Waals surface area (Å²) < 4.78 is 9.79. The van der Waals surface area contributed by atoms with Crippen molar-refractivity contribution in [2.45, 2.75) is 65.1 Å². The molecule has 184 valence electrons. The van der Waals surface area contributed by atoms with Gasteiger partial charge in [0.1, 0.15) is 30.0 Å². The Morgan fingerprint density at radius 2 is 1.73 bits per heavy atom. The van der Waals surface area contributed by atoms with Crippen LogP contribution in [0.1, 0.15) is 59.1 Å². The molecule has 0 radical (unpaired) electrons. The number of nitrogens with zero attached hydrogens (tertiary/aromatic N) is 1. The fourth-order valence-electron chi connectivity index (χ4n) is 2.95.